The second-order valence-corrected chi connectivity index (χ2v) is 4.16. The number of hydrogen-bond acceptors (Lipinski definition) is 2. The van der Waals surface area contributed by atoms with Crippen molar-refractivity contribution < 1.29 is 9.90 Å². The van der Waals surface area contributed by atoms with Gasteiger partial charge in [0.15, 0.2) is 5.52 Å². The van der Waals surface area contributed by atoms with Crippen molar-refractivity contribution >= 4 is 14.1 Å². The fourth-order valence-electron chi connectivity index (χ4n) is 1.41. The summed E-state index contributed by atoms with van der Waals surface area (Å²) < 4.78 is 0. The summed E-state index contributed by atoms with van der Waals surface area (Å²) in [6, 6.07) is 4.99. The van der Waals surface area contributed by atoms with Crippen LogP contribution < -0.4 is 0 Å². The molecule has 1 heterocycles. The fourth-order valence-corrected chi connectivity index (χ4v) is 2.47. The minimum absolute atomic E-state index is 0.233. The van der Waals surface area contributed by atoms with Gasteiger partial charge in [0.05, 0.1) is 0 Å². The van der Waals surface area contributed by atoms with Crippen LogP contribution in [0.3, 0.4) is 0 Å². The first-order valence-corrected chi connectivity index (χ1v) is 5.08. The third kappa shape index (κ3) is 1.23. The number of hydrogen-bond donors (Lipinski definition) is 1. The Balaban J connectivity index is 2.53. The maximum atomic E-state index is 11.3. The van der Waals surface area contributed by atoms with Crippen LogP contribution in [0.25, 0.3) is 0 Å². The number of aromatic hydroxyl groups is 1. The van der Waals surface area contributed by atoms with Gasteiger partial charge in [-0.15, -0.1) is 0 Å². The molecule has 0 amide bonds. The van der Waals surface area contributed by atoms with E-state index in [2.05, 4.69) is 0 Å². The maximum Gasteiger partial charge on any atom is 0.181 e. The average molecular weight is 180 g/mol. The number of fused-ring (bicyclic) bond motifs is 1. The molecule has 0 bridgehead atoms. The summed E-state index contributed by atoms with van der Waals surface area (Å²) in [5.74, 6) is 0.256. The van der Waals surface area contributed by atoms with E-state index in [0.29, 0.717) is 8.58 Å². The molecule has 0 fully saturated rings. The van der Waals surface area contributed by atoms with Crippen LogP contribution >= 0.6 is 8.58 Å². The molecule has 2 nitrogen and oxygen atoms in total. The molecule has 1 N–H and O–H groups in total. The Morgan fingerprint density at radius 1 is 1.42 bits per heavy atom. The number of aryl methyl sites for hydroxylation is 1. The lowest BCUT2D eigenvalue weighted by Gasteiger charge is -2.13. The fraction of sp³-hybridized carbons (Fsp3) is 0.222. The van der Waals surface area contributed by atoms with Crippen LogP contribution in [0.2, 0.25) is 0 Å². The van der Waals surface area contributed by atoms with Gasteiger partial charge in [0.25, 0.3) is 0 Å². The van der Waals surface area contributed by atoms with Gasteiger partial charge >= 0.3 is 0 Å². The first-order valence-electron chi connectivity index (χ1n) is 3.87. The number of phenols is 1. The zero-order chi connectivity index (χ0) is 8.55. The minimum Gasteiger partial charge on any atom is -0.508 e. The molecule has 0 saturated carbocycles. The summed E-state index contributed by atoms with van der Waals surface area (Å²) in [6.07, 6.45) is 1.86. The Morgan fingerprint density at radius 3 is 3.08 bits per heavy atom. The third-order valence-corrected chi connectivity index (χ3v) is 3.10. The van der Waals surface area contributed by atoms with E-state index in [9.17, 15) is 4.79 Å². The zero-order valence-electron chi connectivity index (χ0n) is 6.50. The van der Waals surface area contributed by atoms with Gasteiger partial charge < -0.3 is 5.11 Å². The van der Waals surface area contributed by atoms with Crippen LogP contribution in [0, 0.1) is 0 Å². The standard InChI is InChI=1S/C9H9O2P/c10-7-1-2-8-6(5-7)3-4-12-9(8)11/h1-2,5,10,12H,3-4H2. The van der Waals surface area contributed by atoms with E-state index >= 15 is 0 Å². The molecule has 1 aliphatic rings. The molecular weight excluding hydrogens is 171 g/mol. The van der Waals surface area contributed by atoms with Gasteiger partial charge in [-0.05, 0) is 44.9 Å². The van der Waals surface area contributed by atoms with Crippen molar-refractivity contribution in [3.63, 3.8) is 0 Å². The number of phenolic OH excluding ortho intramolecular Hbond substituents is 1. The lowest BCUT2D eigenvalue weighted by atomic mass is 10.1. The van der Waals surface area contributed by atoms with Gasteiger partial charge in [0, 0.05) is 5.56 Å². The van der Waals surface area contributed by atoms with E-state index in [0.717, 1.165) is 23.7 Å². The summed E-state index contributed by atoms with van der Waals surface area (Å²) in [5, 5.41) is 9.17. The molecule has 1 atom stereocenters. The number of rotatable bonds is 0. The normalized spacial score (nSPS) is 17.8. The highest BCUT2D eigenvalue weighted by Gasteiger charge is 2.16. The molecule has 1 aliphatic heterocycles. The maximum absolute atomic E-state index is 11.3. The average Bonchev–Trinajstić information content (AvgIpc) is 2.04. The molecule has 1 aromatic rings. The van der Waals surface area contributed by atoms with E-state index in [1.54, 1.807) is 18.2 Å². The highest BCUT2D eigenvalue weighted by atomic mass is 31.1. The van der Waals surface area contributed by atoms with Gasteiger partial charge in [-0.2, -0.15) is 0 Å². The van der Waals surface area contributed by atoms with Crippen molar-refractivity contribution in [2.24, 2.45) is 0 Å². The van der Waals surface area contributed by atoms with Crippen molar-refractivity contribution in [1.82, 2.24) is 0 Å². The third-order valence-electron chi connectivity index (χ3n) is 2.01. The van der Waals surface area contributed by atoms with Crippen molar-refractivity contribution in [3.05, 3.63) is 29.3 Å². The van der Waals surface area contributed by atoms with E-state index in [-0.39, 0.29) is 11.3 Å². The van der Waals surface area contributed by atoms with Crippen LogP contribution in [-0.2, 0) is 6.42 Å². The van der Waals surface area contributed by atoms with E-state index in [4.69, 9.17) is 5.11 Å². The second kappa shape index (κ2) is 2.87. The predicted octanol–water partition coefficient (Wildman–Crippen LogP) is 1.77. The van der Waals surface area contributed by atoms with Crippen LogP contribution in [0.1, 0.15) is 15.9 Å². The van der Waals surface area contributed by atoms with Crippen molar-refractivity contribution in [2.45, 2.75) is 6.42 Å². The Kier molecular flexibility index (Phi) is 1.86. The van der Waals surface area contributed by atoms with E-state index in [1.165, 1.54) is 0 Å². The number of carbonyl (C=O) groups excluding carboxylic acids is 1. The van der Waals surface area contributed by atoms with Crippen LogP contribution in [0.4, 0.5) is 0 Å². The van der Waals surface area contributed by atoms with Crippen LogP contribution in [0.15, 0.2) is 18.2 Å². The Bertz CT molecular complexity index is 333. The number of benzene rings is 1. The highest BCUT2D eigenvalue weighted by Crippen LogP contribution is 2.30. The van der Waals surface area contributed by atoms with E-state index in [1.807, 2.05) is 0 Å². The zero-order valence-corrected chi connectivity index (χ0v) is 7.50. The molecule has 2 rings (SSSR count). The summed E-state index contributed by atoms with van der Waals surface area (Å²) in [6.45, 7) is 0. The smallest absolute Gasteiger partial charge is 0.181 e. The minimum atomic E-state index is 0.233. The van der Waals surface area contributed by atoms with Crippen molar-refractivity contribution in [2.75, 3.05) is 6.16 Å². The van der Waals surface area contributed by atoms with Gasteiger partial charge in [-0.25, -0.2) is 0 Å². The van der Waals surface area contributed by atoms with Crippen LogP contribution in [0.5, 0.6) is 5.75 Å². The monoisotopic (exact) mass is 180 g/mol. The summed E-state index contributed by atoms with van der Waals surface area (Å²) in [4.78, 5) is 11.3. The van der Waals surface area contributed by atoms with E-state index < -0.39 is 0 Å². The summed E-state index contributed by atoms with van der Waals surface area (Å²) in [7, 11) is 0.419. The SMILES string of the molecule is O=C1PCCc2cc(O)ccc21. The van der Waals surface area contributed by atoms with Crippen LogP contribution in [-0.4, -0.2) is 16.8 Å². The molecule has 0 spiro atoms. The molecule has 12 heavy (non-hydrogen) atoms. The summed E-state index contributed by atoms with van der Waals surface area (Å²) in [5.41, 5.74) is 2.03. The Morgan fingerprint density at radius 2 is 2.25 bits per heavy atom. The van der Waals surface area contributed by atoms with Crippen molar-refractivity contribution in [3.8, 4) is 5.75 Å². The van der Waals surface area contributed by atoms with Gasteiger partial charge in [-0.1, -0.05) is 0 Å². The first-order chi connectivity index (χ1) is 5.77. The molecule has 3 heteroatoms. The molecule has 0 aliphatic carbocycles. The highest BCUT2D eigenvalue weighted by molar-refractivity contribution is 7.59. The lowest BCUT2D eigenvalue weighted by Crippen LogP contribution is -2.06. The van der Waals surface area contributed by atoms with Crippen molar-refractivity contribution in [1.29, 1.82) is 0 Å². The van der Waals surface area contributed by atoms with Gasteiger partial charge in [-0.3, -0.25) is 4.79 Å². The molecule has 0 aromatic heterocycles. The Labute approximate surface area is 72.4 Å². The largest absolute Gasteiger partial charge is 0.508 e. The second-order valence-electron chi connectivity index (χ2n) is 2.85. The number of carbonyl (C=O) groups is 1. The predicted molar refractivity (Wildman–Crippen MR) is 49.3 cm³/mol. The Hall–Kier alpha value is -0.880. The lowest BCUT2D eigenvalue weighted by molar-refractivity contribution is 0.108. The molecule has 62 valence electrons. The summed E-state index contributed by atoms with van der Waals surface area (Å²) >= 11 is 0. The topological polar surface area (TPSA) is 37.3 Å². The molecule has 1 unspecified atom stereocenters. The molecule has 0 radical (unpaired) electrons. The molecular formula is C9H9O2P. The molecule has 0 saturated heterocycles. The van der Waals surface area contributed by atoms with Gasteiger partial charge in [0.2, 0.25) is 0 Å². The first kappa shape index (κ1) is 7.75. The quantitative estimate of drug-likeness (QED) is 0.618. The van der Waals surface area contributed by atoms with Gasteiger partial charge in [0.1, 0.15) is 5.75 Å². The molecule has 1 aromatic carbocycles.